The van der Waals surface area contributed by atoms with Crippen molar-refractivity contribution in [1.82, 2.24) is 4.98 Å². The molecule has 0 bridgehead atoms. The van der Waals surface area contributed by atoms with Gasteiger partial charge in [0.05, 0.1) is 11.6 Å². The predicted molar refractivity (Wildman–Crippen MR) is 103 cm³/mol. The van der Waals surface area contributed by atoms with E-state index in [1.54, 1.807) is 17.5 Å². The van der Waals surface area contributed by atoms with Crippen LogP contribution >= 0.6 is 11.3 Å². The van der Waals surface area contributed by atoms with Crippen molar-refractivity contribution in [2.24, 2.45) is 0 Å². The van der Waals surface area contributed by atoms with E-state index in [9.17, 15) is 9.90 Å². The number of aromatic nitrogens is 1. The molecule has 2 aromatic heterocycles. The molecule has 5 heteroatoms. The molecule has 0 saturated carbocycles. The van der Waals surface area contributed by atoms with Gasteiger partial charge in [0.1, 0.15) is 10.9 Å². The van der Waals surface area contributed by atoms with E-state index in [0.717, 1.165) is 31.8 Å². The van der Waals surface area contributed by atoms with E-state index in [2.05, 4.69) is 11.1 Å². The summed E-state index contributed by atoms with van der Waals surface area (Å²) in [6, 6.07) is 10.1. The van der Waals surface area contributed by atoms with Crippen LogP contribution in [0.4, 0.5) is 0 Å². The third-order valence-corrected chi connectivity index (χ3v) is 4.98. The maximum Gasteiger partial charge on any atom is 0.125 e. The molecule has 0 saturated heterocycles. The van der Waals surface area contributed by atoms with E-state index in [0.29, 0.717) is 5.56 Å². The maximum absolute atomic E-state index is 11.9. The minimum atomic E-state index is -1.26. The van der Waals surface area contributed by atoms with Gasteiger partial charge in [0.2, 0.25) is 0 Å². The molecule has 3 rings (SSSR count). The number of benzene rings is 1. The van der Waals surface area contributed by atoms with Gasteiger partial charge in [-0.15, -0.1) is 11.3 Å². The Bertz CT molecular complexity index is 952. The number of carbonyl (C=O) groups excluding carboxylic acids is 1. The summed E-state index contributed by atoms with van der Waals surface area (Å²) in [4.78, 5) is 18.4. The monoisotopic (exact) mass is 368 g/mol. The first kappa shape index (κ1) is 18.5. The number of ether oxygens (including phenoxy) is 1. The van der Waals surface area contributed by atoms with E-state index in [-0.39, 0.29) is 0 Å². The van der Waals surface area contributed by atoms with Crippen LogP contribution < -0.4 is 5.11 Å². The van der Waals surface area contributed by atoms with Gasteiger partial charge in [0.15, 0.2) is 0 Å². The van der Waals surface area contributed by atoms with Crippen molar-refractivity contribution in [2.45, 2.75) is 46.3 Å². The first-order valence-electron chi connectivity index (χ1n) is 8.50. The number of rotatable bonds is 4. The van der Waals surface area contributed by atoms with Gasteiger partial charge in [0.25, 0.3) is 0 Å². The van der Waals surface area contributed by atoms with Crippen molar-refractivity contribution in [3.05, 3.63) is 52.5 Å². The van der Waals surface area contributed by atoms with Crippen LogP contribution in [-0.4, -0.2) is 16.6 Å². The summed E-state index contributed by atoms with van der Waals surface area (Å²) in [6.45, 7) is 9.53. The minimum absolute atomic E-state index is 0.522. The number of carboxylic acid groups (broad SMARTS) is 1. The Balaban J connectivity index is 2.28. The molecular weight excluding hydrogens is 346 g/mol. The number of carboxylic acids is 1. The third kappa shape index (κ3) is 3.79. The average molecular weight is 368 g/mol. The number of fused-ring (bicyclic) bond motifs is 1. The Labute approximate surface area is 157 Å². The van der Waals surface area contributed by atoms with Crippen LogP contribution in [0.15, 0.2) is 36.5 Å². The van der Waals surface area contributed by atoms with E-state index in [4.69, 9.17) is 4.74 Å². The number of thiophene rings is 1. The summed E-state index contributed by atoms with van der Waals surface area (Å²) in [5.41, 5.74) is 2.82. The normalized spacial score (nSPS) is 13.1. The molecule has 0 aliphatic heterocycles. The summed E-state index contributed by atoms with van der Waals surface area (Å²) in [7, 11) is 0. The van der Waals surface area contributed by atoms with Gasteiger partial charge in [-0.3, -0.25) is 0 Å². The largest absolute Gasteiger partial charge is 0.547 e. The number of nitrogens with zero attached hydrogens (tertiary/aromatic N) is 1. The van der Waals surface area contributed by atoms with Gasteiger partial charge in [-0.1, -0.05) is 29.8 Å². The zero-order chi connectivity index (χ0) is 19.1. The van der Waals surface area contributed by atoms with Crippen LogP contribution in [0.3, 0.4) is 0 Å². The molecule has 1 aromatic carbocycles. The molecule has 0 radical (unpaired) electrons. The third-order valence-electron chi connectivity index (χ3n) is 4.02. The van der Waals surface area contributed by atoms with Gasteiger partial charge in [-0.25, -0.2) is 4.98 Å². The van der Waals surface area contributed by atoms with Crippen molar-refractivity contribution >= 4 is 27.5 Å². The Morgan fingerprint density at radius 3 is 2.42 bits per heavy atom. The quantitative estimate of drug-likeness (QED) is 0.693. The van der Waals surface area contributed by atoms with Gasteiger partial charge in [0, 0.05) is 22.0 Å². The molecular formula is C21H22NO3S-. The summed E-state index contributed by atoms with van der Waals surface area (Å²) in [5.74, 6) is -1.26. The molecule has 0 spiro atoms. The Hall–Kier alpha value is -2.24. The van der Waals surface area contributed by atoms with Crippen molar-refractivity contribution in [1.29, 1.82) is 0 Å². The summed E-state index contributed by atoms with van der Waals surface area (Å²) < 4.78 is 5.83. The molecule has 0 fully saturated rings. The molecule has 0 N–H and O–H groups in total. The lowest BCUT2D eigenvalue weighted by atomic mass is 9.94. The van der Waals surface area contributed by atoms with Crippen molar-refractivity contribution < 1.29 is 14.6 Å². The zero-order valence-corrected chi connectivity index (χ0v) is 16.4. The van der Waals surface area contributed by atoms with Crippen LogP contribution in [0.2, 0.25) is 0 Å². The fourth-order valence-electron chi connectivity index (χ4n) is 2.96. The molecule has 0 amide bonds. The van der Waals surface area contributed by atoms with Gasteiger partial charge >= 0.3 is 0 Å². The fourth-order valence-corrected chi connectivity index (χ4v) is 3.82. The highest BCUT2D eigenvalue weighted by Gasteiger charge is 2.26. The number of hydrogen-bond acceptors (Lipinski definition) is 5. The molecule has 1 unspecified atom stereocenters. The molecule has 2 heterocycles. The Morgan fingerprint density at radius 2 is 1.85 bits per heavy atom. The van der Waals surface area contributed by atoms with Crippen LogP contribution in [-0.2, 0) is 9.53 Å². The van der Waals surface area contributed by atoms with Crippen LogP contribution in [0.5, 0.6) is 0 Å². The van der Waals surface area contributed by atoms with E-state index in [1.807, 2.05) is 58.9 Å². The average Bonchev–Trinajstić information content (AvgIpc) is 2.92. The van der Waals surface area contributed by atoms with E-state index < -0.39 is 17.7 Å². The smallest absolute Gasteiger partial charge is 0.125 e. The number of carbonyl (C=O) groups is 1. The molecule has 1 atom stereocenters. The standard InChI is InChI=1S/C21H23NO3S/c1-12-6-8-14(9-7-12)17-15-10-13(2)26-19(15)22-11-16(17)18(20(23)24)25-21(3,4)5/h6-11,18H,1-5H3,(H,23,24)/p-1. The Kier molecular flexibility index (Phi) is 4.86. The summed E-state index contributed by atoms with van der Waals surface area (Å²) >= 11 is 1.59. The van der Waals surface area contributed by atoms with Gasteiger partial charge in [-0.2, -0.15) is 0 Å². The lowest BCUT2D eigenvalue weighted by molar-refractivity contribution is -0.321. The summed E-state index contributed by atoms with van der Waals surface area (Å²) in [5, 5.41) is 12.8. The number of hydrogen-bond donors (Lipinski definition) is 0. The minimum Gasteiger partial charge on any atom is -0.547 e. The molecule has 26 heavy (non-hydrogen) atoms. The topological polar surface area (TPSA) is 62.2 Å². The first-order chi connectivity index (χ1) is 12.2. The van der Waals surface area contributed by atoms with Gasteiger partial charge < -0.3 is 14.6 Å². The van der Waals surface area contributed by atoms with E-state index in [1.165, 1.54) is 0 Å². The fraction of sp³-hybridized carbons (Fsp3) is 0.333. The highest BCUT2D eigenvalue weighted by molar-refractivity contribution is 7.18. The van der Waals surface area contributed by atoms with Crippen molar-refractivity contribution in [3.63, 3.8) is 0 Å². The second-order valence-electron chi connectivity index (χ2n) is 7.46. The van der Waals surface area contributed by atoms with Crippen LogP contribution in [0.25, 0.3) is 21.3 Å². The second kappa shape index (κ2) is 6.82. The summed E-state index contributed by atoms with van der Waals surface area (Å²) in [6.07, 6.45) is 0.419. The number of pyridine rings is 1. The SMILES string of the molecule is Cc1ccc(-c2c(C(OC(C)(C)C)C(=O)[O-])cnc3sc(C)cc23)cc1. The lowest BCUT2D eigenvalue weighted by Gasteiger charge is -2.29. The zero-order valence-electron chi connectivity index (χ0n) is 15.6. The van der Waals surface area contributed by atoms with Crippen LogP contribution in [0.1, 0.15) is 42.9 Å². The van der Waals surface area contributed by atoms with Crippen molar-refractivity contribution in [3.8, 4) is 11.1 Å². The maximum atomic E-state index is 11.9. The molecule has 4 nitrogen and oxygen atoms in total. The predicted octanol–water partition coefficient (Wildman–Crippen LogP) is 4.19. The molecule has 3 aromatic rings. The number of aryl methyl sites for hydroxylation is 2. The van der Waals surface area contributed by atoms with Crippen LogP contribution in [0, 0.1) is 13.8 Å². The highest BCUT2D eigenvalue weighted by Crippen LogP contribution is 2.39. The van der Waals surface area contributed by atoms with Crippen molar-refractivity contribution in [2.75, 3.05) is 0 Å². The highest BCUT2D eigenvalue weighted by atomic mass is 32.1. The van der Waals surface area contributed by atoms with Gasteiger partial charge in [-0.05, 0) is 51.8 Å². The molecule has 0 aliphatic carbocycles. The van der Waals surface area contributed by atoms with E-state index >= 15 is 0 Å². The lowest BCUT2D eigenvalue weighted by Crippen LogP contribution is -2.36. The second-order valence-corrected chi connectivity index (χ2v) is 8.69. The first-order valence-corrected chi connectivity index (χ1v) is 9.32. The Morgan fingerprint density at radius 1 is 1.19 bits per heavy atom. The molecule has 136 valence electrons. The number of aliphatic carboxylic acids is 1. The molecule has 0 aliphatic rings.